The summed E-state index contributed by atoms with van der Waals surface area (Å²) in [4.78, 5) is 0. The second-order valence-corrected chi connectivity index (χ2v) is 10.6. The maximum Gasteiger partial charge on any atom is 0.118 e. The van der Waals surface area contributed by atoms with Gasteiger partial charge in [-0.2, -0.15) is 0 Å². The quantitative estimate of drug-likeness (QED) is 0.451. The Morgan fingerprint density at radius 3 is 2.56 bits per heavy atom. The number of aliphatic hydroxyl groups is 1. The normalized spacial score (nSPS) is 52.2. The van der Waals surface area contributed by atoms with E-state index < -0.39 is 12.3 Å². The van der Waals surface area contributed by atoms with Crippen LogP contribution in [0.15, 0.2) is 12.2 Å². The highest BCUT2D eigenvalue weighted by atomic mass is 79.9. The van der Waals surface area contributed by atoms with Crippen LogP contribution in [0.4, 0.5) is 4.39 Å². The minimum absolute atomic E-state index is 0.452. The number of hydrogen-bond acceptors (Lipinski definition) is 1. The summed E-state index contributed by atoms with van der Waals surface area (Å²) >= 11 is 3.64. The molecule has 0 radical (unpaired) electrons. The molecule has 4 rings (SSSR count). The molecule has 4 aliphatic carbocycles. The van der Waals surface area contributed by atoms with Crippen LogP contribution in [0.3, 0.4) is 0 Å². The zero-order valence-electron chi connectivity index (χ0n) is 15.7. The Hall–Kier alpha value is 0.110. The van der Waals surface area contributed by atoms with Gasteiger partial charge < -0.3 is 5.11 Å². The fraction of sp³-hybridized carbons (Fsp3) is 0.909. The maximum absolute atomic E-state index is 13.3. The van der Waals surface area contributed by atoms with Gasteiger partial charge in [-0.25, -0.2) is 4.39 Å². The SMILES string of the molecule is C=C(CBr)[C@H]1CC[C@H]2[C@@H]3CC[C@H]4C[C@](O)(CF)CC[C@@H]4[C@H]3CC[C@]12C. The van der Waals surface area contributed by atoms with Gasteiger partial charge in [0.25, 0.3) is 0 Å². The summed E-state index contributed by atoms with van der Waals surface area (Å²) in [5, 5.41) is 11.4. The molecule has 0 heterocycles. The summed E-state index contributed by atoms with van der Waals surface area (Å²) in [6, 6.07) is 0. The van der Waals surface area contributed by atoms with Crippen LogP contribution >= 0.6 is 15.9 Å². The lowest BCUT2D eigenvalue weighted by Gasteiger charge is -2.57. The third-order valence-corrected chi connectivity index (χ3v) is 9.74. The summed E-state index contributed by atoms with van der Waals surface area (Å²) in [6.45, 7) is 6.37. The average molecular weight is 413 g/mol. The third-order valence-electron chi connectivity index (χ3n) is 9.02. The maximum atomic E-state index is 13.3. The van der Waals surface area contributed by atoms with Gasteiger partial charge in [0, 0.05) is 5.33 Å². The summed E-state index contributed by atoms with van der Waals surface area (Å²) in [5.41, 5.74) is 0.846. The molecule has 4 aliphatic rings. The number of allylic oxidation sites excluding steroid dienone is 1. The molecule has 142 valence electrons. The van der Waals surface area contributed by atoms with Gasteiger partial charge in [0.2, 0.25) is 0 Å². The van der Waals surface area contributed by atoms with Crippen LogP contribution in [-0.2, 0) is 0 Å². The Morgan fingerprint density at radius 1 is 1.08 bits per heavy atom. The van der Waals surface area contributed by atoms with Crippen molar-refractivity contribution in [1.29, 1.82) is 0 Å². The molecule has 8 atom stereocenters. The average Bonchev–Trinajstić information content (AvgIpc) is 2.98. The first-order valence-electron chi connectivity index (χ1n) is 10.4. The van der Waals surface area contributed by atoms with E-state index in [9.17, 15) is 9.50 Å². The second kappa shape index (κ2) is 6.62. The number of halogens is 2. The lowest BCUT2D eigenvalue weighted by molar-refractivity contribution is -0.110. The van der Waals surface area contributed by atoms with Crippen LogP contribution in [0.1, 0.15) is 64.7 Å². The highest BCUT2D eigenvalue weighted by molar-refractivity contribution is 9.09. The molecule has 0 amide bonds. The molecule has 0 aromatic heterocycles. The molecule has 0 spiro atoms. The van der Waals surface area contributed by atoms with E-state index in [1.807, 2.05) is 0 Å². The first-order valence-corrected chi connectivity index (χ1v) is 11.6. The number of fused-ring (bicyclic) bond motifs is 5. The fourth-order valence-corrected chi connectivity index (χ4v) is 8.24. The van der Waals surface area contributed by atoms with E-state index in [2.05, 4.69) is 29.4 Å². The van der Waals surface area contributed by atoms with E-state index in [-0.39, 0.29) is 0 Å². The van der Waals surface area contributed by atoms with Crippen LogP contribution in [0, 0.1) is 40.9 Å². The van der Waals surface area contributed by atoms with E-state index in [0.29, 0.717) is 30.1 Å². The fourth-order valence-electron chi connectivity index (χ4n) is 7.85. The lowest BCUT2D eigenvalue weighted by atomic mass is 9.49. The molecule has 0 aromatic rings. The number of rotatable bonds is 3. The molecule has 3 heteroatoms. The van der Waals surface area contributed by atoms with Crippen molar-refractivity contribution in [3.05, 3.63) is 12.2 Å². The molecule has 0 saturated heterocycles. The first-order chi connectivity index (χ1) is 11.9. The monoisotopic (exact) mass is 412 g/mol. The molecule has 0 aromatic carbocycles. The summed E-state index contributed by atoms with van der Waals surface area (Å²) in [7, 11) is 0. The topological polar surface area (TPSA) is 20.2 Å². The van der Waals surface area contributed by atoms with Crippen LogP contribution in [0.2, 0.25) is 0 Å². The Kier molecular flexibility index (Phi) is 4.89. The molecule has 1 nitrogen and oxygen atoms in total. The summed E-state index contributed by atoms with van der Waals surface area (Å²) in [5.74, 6) is 4.55. The molecular formula is C22H34BrFO. The van der Waals surface area contributed by atoms with Crippen molar-refractivity contribution in [3.63, 3.8) is 0 Å². The highest BCUT2D eigenvalue weighted by Crippen LogP contribution is 2.65. The van der Waals surface area contributed by atoms with E-state index in [4.69, 9.17) is 0 Å². The second-order valence-electron chi connectivity index (χ2n) is 10.0. The Labute approximate surface area is 161 Å². The van der Waals surface area contributed by atoms with Gasteiger partial charge in [0.05, 0.1) is 5.60 Å². The molecule has 0 bridgehead atoms. The standard InChI is InChI=1S/C22H34BrFO/c1-14(12-23)19-5-6-20-18-4-3-15-11-22(25,13-24)10-8-16(15)17(18)7-9-21(19,20)2/h15-20,25H,1,3-13H2,2H3/t15-,16-,17+,18+,19+,20-,21+,22-/m0/s1. The van der Waals surface area contributed by atoms with Crippen LogP contribution in [0.5, 0.6) is 0 Å². The zero-order chi connectivity index (χ0) is 17.8. The number of alkyl halides is 2. The van der Waals surface area contributed by atoms with Gasteiger partial charge in [-0.15, -0.1) is 0 Å². The molecule has 4 saturated carbocycles. The van der Waals surface area contributed by atoms with Crippen molar-refractivity contribution in [3.8, 4) is 0 Å². The molecule has 0 unspecified atom stereocenters. The molecular weight excluding hydrogens is 379 g/mol. The van der Waals surface area contributed by atoms with E-state index in [0.717, 1.165) is 35.4 Å². The van der Waals surface area contributed by atoms with E-state index in [1.54, 1.807) is 0 Å². The predicted molar refractivity (Wildman–Crippen MR) is 104 cm³/mol. The minimum Gasteiger partial charge on any atom is -0.387 e. The summed E-state index contributed by atoms with van der Waals surface area (Å²) < 4.78 is 13.3. The van der Waals surface area contributed by atoms with Crippen molar-refractivity contribution in [2.45, 2.75) is 70.3 Å². The van der Waals surface area contributed by atoms with Gasteiger partial charge in [-0.3, -0.25) is 0 Å². The minimum atomic E-state index is -1.01. The van der Waals surface area contributed by atoms with Crippen LogP contribution < -0.4 is 0 Å². The zero-order valence-corrected chi connectivity index (χ0v) is 17.2. The molecule has 4 fully saturated rings. The highest BCUT2D eigenvalue weighted by Gasteiger charge is 2.57. The van der Waals surface area contributed by atoms with Crippen LogP contribution in [-0.4, -0.2) is 22.7 Å². The van der Waals surface area contributed by atoms with Gasteiger partial charge >= 0.3 is 0 Å². The van der Waals surface area contributed by atoms with Gasteiger partial charge in [0.1, 0.15) is 6.67 Å². The molecule has 25 heavy (non-hydrogen) atoms. The largest absolute Gasteiger partial charge is 0.387 e. The third kappa shape index (κ3) is 2.87. The van der Waals surface area contributed by atoms with Crippen molar-refractivity contribution in [1.82, 2.24) is 0 Å². The molecule has 1 N–H and O–H groups in total. The van der Waals surface area contributed by atoms with Gasteiger partial charge in [0.15, 0.2) is 0 Å². The van der Waals surface area contributed by atoms with Crippen molar-refractivity contribution in [2.24, 2.45) is 40.9 Å². The van der Waals surface area contributed by atoms with E-state index >= 15 is 0 Å². The van der Waals surface area contributed by atoms with E-state index in [1.165, 1.54) is 44.1 Å². The smallest absolute Gasteiger partial charge is 0.118 e. The Bertz CT molecular complexity index is 536. The van der Waals surface area contributed by atoms with Crippen molar-refractivity contribution in [2.75, 3.05) is 12.0 Å². The first kappa shape index (κ1) is 18.5. The predicted octanol–water partition coefficient (Wildman–Crippen LogP) is 5.91. The van der Waals surface area contributed by atoms with Gasteiger partial charge in [-0.1, -0.05) is 35.0 Å². The number of hydrogen-bond donors (Lipinski definition) is 1. The molecule has 0 aliphatic heterocycles. The van der Waals surface area contributed by atoms with Crippen LogP contribution in [0.25, 0.3) is 0 Å². The van der Waals surface area contributed by atoms with Crippen molar-refractivity contribution < 1.29 is 9.50 Å². The Morgan fingerprint density at radius 2 is 1.84 bits per heavy atom. The summed E-state index contributed by atoms with van der Waals surface area (Å²) in [6.07, 6.45) is 10.3. The lowest BCUT2D eigenvalue weighted by Crippen LogP contribution is -2.51. The van der Waals surface area contributed by atoms with Crippen molar-refractivity contribution >= 4 is 15.9 Å². The Balaban J connectivity index is 1.52. The van der Waals surface area contributed by atoms with Gasteiger partial charge in [-0.05, 0) is 98.7 Å².